The van der Waals surface area contributed by atoms with Gasteiger partial charge in [-0.15, -0.1) is 0 Å². The smallest absolute Gasteiger partial charge is 0.421 e. The van der Waals surface area contributed by atoms with Crippen LogP contribution < -0.4 is 0 Å². The number of hydrogen-bond donors (Lipinski definition) is 0. The summed E-state index contributed by atoms with van der Waals surface area (Å²) in [5.74, 6) is 0. The number of halogens is 6. The summed E-state index contributed by atoms with van der Waals surface area (Å²) in [5.41, 5.74) is -12.4. The number of unbranched alkanes of at least 4 members (excludes halogenated alkanes) is 2. The van der Waals surface area contributed by atoms with Crippen molar-refractivity contribution in [2.75, 3.05) is 0 Å². The maximum absolute atomic E-state index is 11.4. The second-order valence-electron chi connectivity index (χ2n) is 6.22. The molecule has 202 valence electrons. The third-order valence-electron chi connectivity index (χ3n) is 3.44. The summed E-state index contributed by atoms with van der Waals surface area (Å²) >= 11 is 0. The zero-order chi connectivity index (χ0) is 25.8. The number of hydrogen-bond acceptors (Lipinski definition) is 6. The summed E-state index contributed by atoms with van der Waals surface area (Å²) in [5, 5.41) is 0. The number of aromatic nitrogens is 4. The molecule has 0 unspecified atom stereocenters. The van der Waals surface area contributed by atoms with Gasteiger partial charge in [0.25, 0.3) is 0 Å². The minimum atomic E-state index is -6.72. The van der Waals surface area contributed by atoms with Crippen molar-refractivity contribution >= 4 is 20.0 Å². The fourth-order valence-electron chi connectivity index (χ4n) is 1.73. The van der Waals surface area contributed by atoms with Crippen LogP contribution in [0.1, 0.15) is 39.5 Å². The van der Waals surface area contributed by atoms with E-state index in [1.807, 2.05) is 37.4 Å². The Hall–Kier alpha value is -1.40. The Labute approximate surface area is 209 Å². The first kappa shape index (κ1) is 34.8. The summed E-state index contributed by atoms with van der Waals surface area (Å²) in [6.45, 7) is 6.60. The van der Waals surface area contributed by atoms with Crippen molar-refractivity contribution in [3.8, 4) is 0 Å². The minimum Gasteiger partial charge on any atom is -0.421 e. The topological polar surface area (TPSA) is 118 Å². The average Bonchev–Trinajstić information content (AvgIpc) is 3.37. The normalized spacial score (nSPS) is 12.0. The molecule has 34 heavy (non-hydrogen) atoms. The van der Waals surface area contributed by atoms with E-state index in [4.69, 9.17) is 0 Å². The van der Waals surface area contributed by atoms with Gasteiger partial charge in [-0.05, 0) is 12.8 Å². The van der Waals surface area contributed by atoms with E-state index in [1.54, 1.807) is 0 Å². The summed E-state index contributed by atoms with van der Waals surface area (Å²) in [7, 11) is -13.4. The van der Waals surface area contributed by atoms with Gasteiger partial charge in [0.05, 0.1) is 12.7 Å². The van der Waals surface area contributed by atoms with E-state index in [0.717, 1.165) is 17.2 Å². The molecule has 0 spiro atoms. The molecule has 0 aliphatic carbocycles. The number of rotatable bonds is 8. The Morgan fingerprint density at radius 3 is 1.26 bits per heavy atom. The van der Waals surface area contributed by atoms with E-state index in [9.17, 15) is 43.2 Å². The summed E-state index contributed by atoms with van der Waals surface area (Å²) < 4.78 is 113. The van der Waals surface area contributed by atoms with Crippen LogP contribution in [0, 0.1) is 0 Å². The molecule has 0 aliphatic rings. The van der Waals surface area contributed by atoms with Crippen LogP contribution in [-0.2, 0) is 55.5 Å². The molecule has 2 aromatic heterocycles. The van der Waals surface area contributed by atoms with Crippen LogP contribution in [-0.4, -0.2) is 47.0 Å². The molecule has 0 saturated heterocycles. The van der Waals surface area contributed by atoms with Gasteiger partial charge in [-0.2, -0.15) is 26.3 Å². The first-order chi connectivity index (χ1) is 15.1. The largest absolute Gasteiger partial charge is 1.00 e. The Morgan fingerprint density at radius 2 is 1.06 bits per heavy atom. The Balaban J connectivity index is 0. The quantitative estimate of drug-likeness (QED) is 0.313. The second kappa shape index (κ2) is 15.6. The fourth-order valence-corrected chi connectivity index (χ4v) is 3.44. The third-order valence-corrected chi connectivity index (χ3v) is 6.18. The van der Waals surface area contributed by atoms with Crippen LogP contribution in [0.5, 0.6) is 0 Å². The van der Waals surface area contributed by atoms with Gasteiger partial charge in [0.2, 0.25) is 0 Å². The van der Waals surface area contributed by atoms with Crippen molar-refractivity contribution in [1.29, 1.82) is 0 Å². The monoisotopic (exact) mass is 635 g/mol. The maximum atomic E-state index is 11.4. The number of nitrogens with zero attached hydrogens (tertiary/aromatic N) is 5. The number of alkyl halides is 6. The van der Waals surface area contributed by atoms with Crippen molar-refractivity contribution in [3.63, 3.8) is 0 Å². The molecule has 2 rings (SSSR count). The van der Waals surface area contributed by atoms with Crippen molar-refractivity contribution in [2.45, 2.75) is 63.6 Å². The predicted molar refractivity (Wildman–Crippen MR) is 108 cm³/mol. The van der Waals surface area contributed by atoms with Gasteiger partial charge < -0.3 is 13.3 Å². The van der Waals surface area contributed by atoms with Crippen LogP contribution in [0.2, 0.25) is 0 Å². The molecule has 2 heterocycles. The molecule has 0 N–H and O–H groups in total. The molecule has 0 radical (unpaired) electrons. The number of sulfonamides is 2. The number of imidazole rings is 2. The summed E-state index contributed by atoms with van der Waals surface area (Å²) in [6, 6.07) is 0. The molecular weight excluding hydrogens is 612 g/mol. The van der Waals surface area contributed by atoms with E-state index in [0.29, 0.717) is 0 Å². The molecule has 0 fully saturated rings. The Morgan fingerprint density at radius 1 is 0.735 bits per heavy atom. The summed E-state index contributed by atoms with van der Waals surface area (Å²) in [6.07, 6.45) is 16.3. The number of aryl methyl sites for hydroxylation is 2. The van der Waals surface area contributed by atoms with Crippen LogP contribution in [0.25, 0.3) is 4.13 Å². The average molecular weight is 636 g/mol. The van der Waals surface area contributed by atoms with E-state index >= 15 is 0 Å². The van der Waals surface area contributed by atoms with Gasteiger partial charge >= 0.3 is 33.4 Å². The van der Waals surface area contributed by atoms with E-state index in [2.05, 4.69) is 32.9 Å². The van der Waals surface area contributed by atoms with Gasteiger partial charge in [0.15, 0.2) is 20.0 Å². The molecule has 9 nitrogen and oxygen atoms in total. The van der Waals surface area contributed by atoms with Gasteiger partial charge in [0.1, 0.15) is 0 Å². The van der Waals surface area contributed by atoms with E-state index in [-0.39, 0.29) is 22.4 Å². The standard InChI is InChI=1S/2C7H12N2.C2F6NO4S2.Ag/c2*1-2-3-5-9-6-4-8-7-9;3-1(4,5)14(10,11)9-15(12,13)2(6,7)8;/h2*4,6-7H,2-3,5H2,1H3;;/q;;-1;+1. The predicted octanol–water partition coefficient (Wildman–Crippen LogP) is 4.42. The third kappa shape index (κ3) is 13.5. The molecular formula is C16H24AgF6N5O4S2. The van der Waals surface area contributed by atoms with Crippen LogP contribution in [0.4, 0.5) is 26.3 Å². The Bertz CT molecular complexity index is 900. The van der Waals surface area contributed by atoms with Gasteiger partial charge in [0, 0.05) is 37.9 Å². The molecule has 18 heteroatoms. The van der Waals surface area contributed by atoms with Crippen molar-refractivity contribution < 1.29 is 65.6 Å². The summed E-state index contributed by atoms with van der Waals surface area (Å²) in [4.78, 5) is 7.88. The Kier molecular flexibility index (Phi) is 15.9. The van der Waals surface area contributed by atoms with Crippen molar-refractivity contribution in [2.24, 2.45) is 0 Å². The molecule has 0 bridgehead atoms. The minimum absolute atomic E-state index is 0. The maximum Gasteiger partial charge on any atom is 1.00 e. The SMILES string of the molecule is CCCCn1ccnc1.CCCCn1ccnc1.O=S(=O)([N-]S(=O)(=O)C(F)(F)F)C(F)(F)F.[Ag+]. The molecule has 0 aliphatic heterocycles. The van der Waals surface area contributed by atoms with Crippen LogP contribution in [0.15, 0.2) is 37.4 Å². The zero-order valence-corrected chi connectivity index (χ0v) is 21.1. The van der Waals surface area contributed by atoms with Gasteiger partial charge in [-0.3, -0.25) is 0 Å². The molecule has 0 atom stereocenters. The molecule has 0 amide bonds. The van der Waals surface area contributed by atoms with Crippen molar-refractivity contribution in [3.05, 3.63) is 41.6 Å². The van der Waals surface area contributed by atoms with Gasteiger partial charge in [-0.1, -0.05) is 26.7 Å². The zero-order valence-electron chi connectivity index (χ0n) is 18.0. The first-order valence-electron chi connectivity index (χ1n) is 9.35. The van der Waals surface area contributed by atoms with Crippen LogP contribution >= 0.6 is 0 Å². The fraction of sp³-hybridized carbons (Fsp3) is 0.625. The van der Waals surface area contributed by atoms with Crippen molar-refractivity contribution in [1.82, 2.24) is 19.1 Å². The van der Waals surface area contributed by atoms with Gasteiger partial charge in [-0.25, -0.2) is 26.8 Å². The molecule has 0 saturated carbocycles. The molecule has 0 aromatic carbocycles. The van der Waals surface area contributed by atoms with Crippen LogP contribution in [0.3, 0.4) is 0 Å². The first-order valence-corrected chi connectivity index (χ1v) is 12.2. The molecule has 2 aromatic rings. The van der Waals surface area contributed by atoms with E-state index < -0.39 is 31.1 Å². The second-order valence-corrected chi connectivity index (χ2v) is 9.65. The van der Waals surface area contributed by atoms with E-state index in [1.165, 1.54) is 25.7 Å².